The highest BCUT2D eigenvalue weighted by atomic mass is 16.3. The maximum absolute atomic E-state index is 6.10. The third-order valence-electron chi connectivity index (χ3n) is 11.4. The molecule has 2 nitrogen and oxygen atoms in total. The molecule has 53 heavy (non-hydrogen) atoms. The van der Waals surface area contributed by atoms with Crippen molar-refractivity contribution in [3.63, 3.8) is 0 Å². The van der Waals surface area contributed by atoms with E-state index < -0.39 is 0 Å². The normalized spacial score (nSPS) is 14.5. The van der Waals surface area contributed by atoms with Crippen LogP contribution < -0.4 is 4.90 Å². The Morgan fingerprint density at radius 3 is 1.70 bits per heavy atom. The monoisotopic (exact) mass is 681 g/mol. The number of nitrogens with zero attached hydrogens (tertiary/aromatic N) is 1. The average molecular weight is 682 g/mol. The minimum atomic E-state index is 0.0183. The van der Waals surface area contributed by atoms with Crippen molar-refractivity contribution in [1.82, 2.24) is 0 Å². The Balaban J connectivity index is 1.01. The van der Waals surface area contributed by atoms with Gasteiger partial charge in [-0.1, -0.05) is 129 Å². The molecule has 0 atom stereocenters. The summed E-state index contributed by atoms with van der Waals surface area (Å²) >= 11 is 0. The number of benzene rings is 7. The van der Waals surface area contributed by atoms with Gasteiger partial charge in [0.25, 0.3) is 0 Å². The predicted molar refractivity (Wildman–Crippen MR) is 223 cm³/mol. The minimum Gasteiger partial charge on any atom is -0.456 e. The number of allylic oxidation sites excluding steroid dienone is 4. The Morgan fingerprint density at radius 2 is 1.02 bits per heavy atom. The van der Waals surface area contributed by atoms with Crippen LogP contribution in [0.2, 0.25) is 0 Å². The number of hydrogen-bond acceptors (Lipinski definition) is 2. The van der Waals surface area contributed by atoms with Gasteiger partial charge in [0.05, 0.1) is 0 Å². The Kier molecular flexibility index (Phi) is 7.33. The van der Waals surface area contributed by atoms with E-state index in [2.05, 4.69) is 183 Å². The Morgan fingerprint density at radius 1 is 0.491 bits per heavy atom. The largest absolute Gasteiger partial charge is 0.456 e. The summed E-state index contributed by atoms with van der Waals surface area (Å²) < 4.78 is 6.10. The van der Waals surface area contributed by atoms with Crippen LogP contribution in [0.4, 0.5) is 17.1 Å². The first kappa shape index (κ1) is 31.4. The molecule has 2 aliphatic rings. The van der Waals surface area contributed by atoms with Gasteiger partial charge in [-0.05, 0) is 129 Å². The maximum Gasteiger partial charge on any atom is 0.135 e. The van der Waals surface area contributed by atoms with Crippen molar-refractivity contribution in [2.45, 2.75) is 32.1 Å². The second-order valence-electron chi connectivity index (χ2n) is 14.9. The smallest absolute Gasteiger partial charge is 0.135 e. The fraction of sp³-hybridized carbons (Fsp3) is 0.0980. The third kappa shape index (κ3) is 5.33. The van der Waals surface area contributed by atoms with E-state index in [1.807, 2.05) is 12.1 Å². The predicted octanol–water partition coefficient (Wildman–Crippen LogP) is 14.5. The lowest BCUT2D eigenvalue weighted by Gasteiger charge is -2.26. The van der Waals surface area contributed by atoms with Crippen LogP contribution in [-0.2, 0) is 5.41 Å². The number of anilines is 3. The fourth-order valence-corrected chi connectivity index (χ4v) is 8.57. The van der Waals surface area contributed by atoms with E-state index in [4.69, 9.17) is 4.42 Å². The topological polar surface area (TPSA) is 16.4 Å². The van der Waals surface area contributed by atoms with Gasteiger partial charge >= 0.3 is 0 Å². The fourth-order valence-electron chi connectivity index (χ4n) is 8.57. The molecule has 1 heterocycles. The summed E-state index contributed by atoms with van der Waals surface area (Å²) in [5.41, 5.74) is 18.3. The van der Waals surface area contributed by atoms with Crippen LogP contribution >= 0.6 is 0 Å². The molecule has 0 saturated carbocycles. The van der Waals surface area contributed by atoms with Gasteiger partial charge in [0.1, 0.15) is 11.2 Å². The van der Waals surface area contributed by atoms with E-state index in [1.165, 1.54) is 55.7 Å². The molecule has 2 aliphatic carbocycles. The third-order valence-corrected chi connectivity index (χ3v) is 11.4. The lowest BCUT2D eigenvalue weighted by molar-refractivity contribution is 0.651. The van der Waals surface area contributed by atoms with Crippen molar-refractivity contribution in [2.24, 2.45) is 0 Å². The lowest BCUT2D eigenvalue weighted by Crippen LogP contribution is -2.16. The van der Waals surface area contributed by atoms with Gasteiger partial charge in [0.15, 0.2) is 0 Å². The summed E-state index contributed by atoms with van der Waals surface area (Å²) in [7, 11) is 0. The highest BCUT2D eigenvalue weighted by Gasteiger charge is 2.37. The Labute approximate surface area is 311 Å². The molecule has 0 bridgehead atoms. The molecular weight excluding hydrogens is 643 g/mol. The standard InChI is InChI=1S/C51H39NO/c1-51(2)47-14-8-6-12-43(47)44-30-22-39(33-48(44)51)37-20-28-42(29-21-37)52(40-24-16-35(17-25-40)34-10-4-3-5-11-34)41-26-18-36(19-27-41)38-23-31-50-46(32-38)45-13-7-9-15-49(45)53-50/h3-5,7-11,13-33H,6,12H2,1-2H3. The summed E-state index contributed by atoms with van der Waals surface area (Å²) in [6.07, 6.45) is 6.96. The molecule has 0 amide bonds. The molecule has 10 rings (SSSR count). The first-order valence-electron chi connectivity index (χ1n) is 18.6. The number of furan rings is 1. The van der Waals surface area contributed by atoms with Crippen molar-refractivity contribution in [3.8, 4) is 33.4 Å². The van der Waals surface area contributed by atoms with Crippen LogP contribution in [0.15, 0.2) is 186 Å². The maximum atomic E-state index is 6.10. The van der Waals surface area contributed by atoms with E-state index in [0.29, 0.717) is 0 Å². The van der Waals surface area contributed by atoms with Crippen LogP contribution in [0.1, 0.15) is 37.8 Å². The van der Waals surface area contributed by atoms with E-state index >= 15 is 0 Å². The lowest BCUT2D eigenvalue weighted by atomic mass is 9.79. The highest BCUT2D eigenvalue weighted by molar-refractivity contribution is 6.06. The first-order valence-corrected chi connectivity index (χ1v) is 18.6. The van der Waals surface area contributed by atoms with Gasteiger partial charge in [-0.15, -0.1) is 0 Å². The van der Waals surface area contributed by atoms with Gasteiger partial charge in [-0.3, -0.25) is 0 Å². The number of para-hydroxylation sites is 1. The van der Waals surface area contributed by atoms with Gasteiger partial charge < -0.3 is 9.32 Å². The molecule has 0 aliphatic heterocycles. The second-order valence-corrected chi connectivity index (χ2v) is 14.9. The summed E-state index contributed by atoms with van der Waals surface area (Å²) in [5, 5.41) is 2.29. The summed E-state index contributed by atoms with van der Waals surface area (Å²) in [4.78, 5) is 2.35. The molecule has 7 aromatic carbocycles. The van der Waals surface area contributed by atoms with Crippen LogP contribution in [0.3, 0.4) is 0 Å². The van der Waals surface area contributed by atoms with Crippen molar-refractivity contribution >= 4 is 44.6 Å². The zero-order valence-electron chi connectivity index (χ0n) is 30.0. The van der Waals surface area contributed by atoms with Gasteiger partial charge in [0, 0.05) is 33.2 Å². The molecule has 0 N–H and O–H groups in total. The molecule has 0 spiro atoms. The van der Waals surface area contributed by atoms with Crippen molar-refractivity contribution < 1.29 is 4.42 Å². The van der Waals surface area contributed by atoms with Crippen LogP contribution in [0, 0.1) is 0 Å². The minimum absolute atomic E-state index is 0.0183. The van der Waals surface area contributed by atoms with Crippen LogP contribution in [0.5, 0.6) is 0 Å². The molecular formula is C51H39NO. The Hall–Kier alpha value is -6.38. The quantitative estimate of drug-likeness (QED) is 0.174. The zero-order valence-corrected chi connectivity index (χ0v) is 30.0. The molecule has 254 valence electrons. The Bertz CT molecular complexity index is 2710. The van der Waals surface area contributed by atoms with E-state index in [-0.39, 0.29) is 5.41 Å². The van der Waals surface area contributed by atoms with Crippen molar-refractivity contribution in [3.05, 3.63) is 193 Å². The van der Waals surface area contributed by atoms with Gasteiger partial charge in [0.2, 0.25) is 0 Å². The van der Waals surface area contributed by atoms with Crippen molar-refractivity contribution in [2.75, 3.05) is 4.90 Å². The molecule has 8 aromatic rings. The molecule has 0 unspecified atom stereocenters. The van der Waals surface area contributed by atoms with E-state index in [1.54, 1.807) is 0 Å². The second kappa shape index (κ2) is 12.4. The summed E-state index contributed by atoms with van der Waals surface area (Å²) in [6, 6.07) is 59.3. The summed E-state index contributed by atoms with van der Waals surface area (Å²) in [5.74, 6) is 0. The number of hydrogen-bond donors (Lipinski definition) is 0. The van der Waals surface area contributed by atoms with Gasteiger partial charge in [-0.25, -0.2) is 0 Å². The SMILES string of the molecule is CC1(C)C2=C(CCC=C2)c2ccc(-c3ccc(N(c4ccc(-c5ccccc5)cc4)c4ccc(-c5ccc6oc7ccccc7c6c5)cc4)cc3)cc21. The molecule has 2 heteroatoms. The van der Waals surface area contributed by atoms with E-state index in [9.17, 15) is 0 Å². The molecule has 0 radical (unpaired) electrons. The molecule has 1 aromatic heterocycles. The van der Waals surface area contributed by atoms with Gasteiger partial charge in [-0.2, -0.15) is 0 Å². The average Bonchev–Trinajstić information content (AvgIpc) is 3.70. The first-order chi connectivity index (χ1) is 26.0. The molecule has 0 fully saturated rings. The summed E-state index contributed by atoms with van der Waals surface area (Å²) in [6.45, 7) is 4.75. The van der Waals surface area contributed by atoms with Crippen LogP contribution in [0.25, 0.3) is 60.9 Å². The van der Waals surface area contributed by atoms with Crippen molar-refractivity contribution in [1.29, 1.82) is 0 Å². The zero-order chi connectivity index (χ0) is 35.5. The van der Waals surface area contributed by atoms with Crippen LogP contribution in [-0.4, -0.2) is 0 Å². The number of fused-ring (bicyclic) bond motifs is 5. The van der Waals surface area contributed by atoms with E-state index in [0.717, 1.165) is 51.8 Å². The number of rotatable bonds is 6. The molecule has 0 saturated heterocycles. The highest BCUT2D eigenvalue weighted by Crippen LogP contribution is 2.51.